The fraction of sp³-hybridized carbons (Fsp3) is 1.00. The summed E-state index contributed by atoms with van der Waals surface area (Å²) in [6.07, 6.45) is -0.542. The second-order valence-electron chi connectivity index (χ2n) is 4.84. The molecule has 3 heterocycles. The molecular formula is C12H20O6. The molecule has 0 saturated carbocycles. The zero-order valence-electron chi connectivity index (χ0n) is 10.7. The SMILES string of the molecule is CCC1OC2OC3C(CO)OC(CC)OC3C2O1. The molecule has 0 amide bonds. The predicted octanol–water partition coefficient (Wildman–Crippen LogP) is 0.375. The van der Waals surface area contributed by atoms with E-state index in [0.29, 0.717) is 0 Å². The van der Waals surface area contributed by atoms with Crippen molar-refractivity contribution < 1.29 is 28.8 Å². The van der Waals surface area contributed by atoms with E-state index in [0.717, 1.165) is 12.8 Å². The van der Waals surface area contributed by atoms with Crippen LogP contribution in [0.1, 0.15) is 26.7 Å². The number of fused-ring (bicyclic) bond motifs is 3. The second-order valence-corrected chi connectivity index (χ2v) is 4.84. The largest absolute Gasteiger partial charge is 0.394 e. The number of ether oxygens (including phenoxy) is 5. The first-order valence-electron chi connectivity index (χ1n) is 6.65. The summed E-state index contributed by atoms with van der Waals surface area (Å²) in [5, 5.41) is 9.37. The molecule has 0 aromatic heterocycles. The molecule has 3 saturated heterocycles. The normalized spacial score (nSPS) is 51.2. The van der Waals surface area contributed by atoms with Crippen LogP contribution in [0.15, 0.2) is 0 Å². The van der Waals surface area contributed by atoms with Gasteiger partial charge in [-0.05, 0) is 12.8 Å². The van der Waals surface area contributed by atoms with Crippen LogP contribution < -0.4 is 0 Å². The Morgan fingerprint density at radius 3 is 2.11 bits per heavy atom. The number of hydrogen-bond donors (Lipinski definition) is 1. The molecule has 3 rings (SSSR count). The Kier molecular flexibility index (Phi) is 3.57. The molecule has 1 N–H and O–H groups in total. The van der Waals surface area contributed by atoms with Crippen molar-refractivity contribution in [3.8, 4) is 0 Å². The number of aliphatic hydroxyl groups excluding tert-OH is 1. The van der Waals surface area contributed by atoms with Gasteiger partial charge in [0.25, 0.3) is 0 Å². The lowest BCUT2D eigenvalue weighted by molar-refractivity contribution is -0.301. The summed E-state index contributed by atoms with van der Waals surface area (Å²) in [4.78, 5) is 0. The van der Waals surface area contributed by atoms with Crippen LogP contribution in [0, 0.1) is 0 Å². The lowest BCUT2D eigenvalue weighted by Gasteiger charge is -2.38. The Bertz CT molecular complexity index is 298. The Morgan fingerprint density at radius 2 is 1.44 bits per heavy atom. The molecule has 6 nitrogen and oxygen atoms in total. The van der Waals surface area contributed by atoms with E-state index in [-0.39, 0.29) is 43.6 Å². The predicted molar refractivity (Wildman–Crippen MR) is 59.6 cm³/mol. The topological polar surface area (TPSA) is 66.4 Å². The van der Waals surface area contributed by atoms with E-state index in [2.05, 4.69) is 0 Å². The summed E-state index contributed by atoms with van der Waals surface area (Å²) < 4.78 is 28.6. The summed E-state index contributed by atoms with van der Waals surface area (Å²) in [6, 6.07) is 0. The first-order valence-corrected chi connectivity index (χ1v) is 6.65. The van der Waals surface area contributed by atoms with E-state index in [1.165, 1.54) is 0 Å². The van der Waals surface area contributed by atoms with Crippen LogP contribution in [0.3, 0.4) is 0 Å². The molecular weight excluding hydrogens is 240 g/mol. The summed E-state index contributed by atoms with van der Waals surface area (Å²) in [6.45, 7) is 3.89. The van der Waals surface area contributed by atoms with E-state index < -0.39 is 6.29 Å². The molecule has 0 radical (unpaired) electrons. The standard InChI is InChI=1S/C12H20O6/c1-3-7-14-6(5-13)9-10(15-7)11-12(18-9)17-8(4-2)16-11/h6-13H,3-5H2,1-2H3. The highest BCUT2D eigenvalue weighted by Gasteiger charge is 2.57. The molecule has 3 aliphatic rings. The molecule has 3 fully saturated rings. The lowest BCUT2D eigenvalue weighted by Crippen LogP contribution is -2.52. The van der Waals surface area contributed by atoms with Crippen molar-refractivity contribution in [3.63, 3.8) is 0 Å². The fourth-order valence-corrected chi connectivity index (χ4v) is 2.73. The fourth-order valence-electron chi connectivity index (χ4n) is 2.73. The maximum atomic E-state index is 9.37. The Hall–Kier alpha value is -0.240. The Morgan fingerprint density at radius 1 is 0.778 bits per heavy atom. The van der Waals surface area contributed by atoms with Crippen LogP contribution in [-0.4, -0.2) is 55.0 Å². The van der Waals surface area contributed by atoms with Crippen LogP contribution in [-0.2, 0) is 23.7 Å². The van der Waals surface area contributed by atoms with Gasteiger partial charge in [-0.1, -0.05) is 13.8 Å². The highest BCUT2D eigenvalue weighted by Crippen LogP contribution is 2.40. The molecule has 104 valence electrons. The molecule has 0 spiro atoms. The van der Waals surface area contributed by atoms with Gasteiger partial charge < -0.3 is 28.8 Å². The highest BCUT2D eigenvalue weighted by atomic mass is 16.8. The zero-order valence-corrected chi connectivity index (χ0v) is 10.7. The summed E-state index contributed by atoms with van der Waals surface area (Å²) in [5.41, 5.74) is 0. The van der Waals surface area contributed by atoms with Crippen molar-refractivity contribution in [2.45, 2.75) is 70.0 Å². The molecule has 0 aliphatic carbocycles. The zero-order chi connectivity index (χ0) is 12.7. The van der Waals surface area contributed by atoms with Crippen LogP contribution in [0.5, 0.6) is 0 Å². The molecule has 3 aliphatic heterocycles. The Labute approximate surface area is 106 Å². The smallest absolute Gasteiger partial charge is 0.190 e. The monoisotopic (exact) mass is 260 g/mol. The van der Waals surface area contributed by atoms with Gasteiger partial charge in [-0.25, -0.2) is 0 Å². The van der Waals surface area contributed by atoms with Gasteiger partial charge in [0, 0.05) is 0 Å². The molecule has 0 aromatic rings. The quantitative estimate of drug-likeness (QED) is 0.791. The van der Waals surface area contributed by atoms with Crippen LogP contribution in [0.4, 0.5) is 0 Å². The highest BCUT2D eigenvalue weighted by molar-refractivity contribution is 4.97. The van der Waals surface area contributed by atoms with E-state index in [4.69, 9.17) is 23.7 Å². The minimum Gasteiger partial charge on any atom is -0.394 e. The van der Waals surface area contributed by atoms with Gasteiger partial charge in [-0.2, -0.15) is 0 Å². The number of hydrogen-bond acceptors (Lipinski definition) is 6. The molecule has 18 heavy (non-hydrogen) atoms. The van der Waals surface area contributed by atoms with Gasteiger partial charge in [0.1, 0.15) is 24.4 Å². The van der Waals surface area contributed by atoms with Crippen molar-refractivity contribution in [3.05, 3.63) is 0 Å². The van der Waals surface area contributed by atoms with Crippen LogP contribution in [0.25, 0.3) is 0 Å². The first kappa shape index (κ1) is 12.8. The second kappa shape index (κ2) is 5.03. The maximum Gasteiger partial charge on any atom is 0.190 e. The van der Waals surface area contributed by atoms with Crippen molar-refractivity contribution in [2.24, 2.45) is 0 Å². The van der Waals surface area contributed by atoms with Crippen molar-refractivity contribution in [1.82, 2.24) is 0 Å². The number of aliphatic hydroxyl groups is 1. The molecule has 7 unspecified atom stereocenters. The van der Waals surface area contributed by atoms with E-state index in [1.807, 2.05) is 13.8 Å². The van der Waals surface area contributed by atoms with Gasteiger partial charge in [-0.3, -0.25) is 0 Å². The average Bonchev–Trinajstić information content (AvgIpc) is 2.94. The van der Waals surface area contributed by atoms with E-state index in [1.54, 1.807) is 0 Å². The summed E-state index contributed by atoms with van der Waals surface area (Å²) in [5.74, 6) is 0. The van der Waals surface area contributed by atoms with Crippen LogP contribution in [0.2, 0.25) is 0 Å². The molecule has 7 atom stereocenters. The third-order valence-corrected chi connectivity index (χ3v) is 3.65. The van der Waals surface area contributed by atoms with Crippen molar-refractivity contribution in [1.29, 1.82) is 0 Å². The maximum absolute atomic E-state index is 9.37. The van der Waals surface area contributed by atoms with Gasteiger partial charge in [0.2, 0.25) is 0 Å². The average molecular weight is 260 g/mol. The third-order valence-electron chi connectivity index (χ3n) is 3.65. The van der Waals surface area contributed by atoms with Gasteiger partial charge >= 0.3 is 0 Å². The summed E-state index contributed by atoms with van der Waals surface area (Å²) >= 11 is 0. The minimum atomic E-state index is -0.404. The summed E-state index contributed by atoms with van der Waals surface area (Å²) in [7, 11) is 0. The van der Waals surface area contributed by atoms with E-state index in [9.17, 15) is 5.11 Å². The van der Waals surface area contributed by atoms with Crippen molar-refractivity contribution >= 4 is 0 Å². The van der Waals surface area contributed by atoms with Gasteiger partial charge in [0.05, 0.1) is 6.61 Å². The first-order chi connectivity index (χ1) is 8.76. The van der Waals surface area contributed by atoms with Crippen LogP contribution >= 0.6 is 0 Å². The molecule has 0 bridgehead atoms. The van der Waals surface area contributed by atoms with Gasteiger partial charge in [0.15, 0.2) is 18.9 Å². The molecule has 6 heteroatoms. The minimum absolute atomic E-state index is 0.0856. The van der Waals surface area contributed by atoms with E-state index >= 15 is 0 Å². The lowest BCUT2D eigenvalue weighted by atomic mass is 10.0. The van der Waals surface area contributed by atoms with Crippen molar-refractivity contribution in [2.75, 3.05) is 6.61 Å². The number of rotatable bonds is 3. The molecule has 0 aromatic carbocycles. The Balaban J connectivity index is 1.74. The third kappa shape index (κ3) is 1.97. The van der Waals surface area contributed by atoms with Gasteiger partial charge in [-0.15, -0.1) is 0 Å².